The molecule has 5 heteroatoms. The molecule has 0 saturated carbocycles. The molecule has 0 aromatic heterocycles. The highest BCUT2D eigenvalue weighted by molar-refractivity contribution is 8.59. The Hall–Kier alpha value is -0.0200. The van der Waals surface area contributed by atoms with Crippen LogP contribution >= 0.6 is 17.9 Å². The summed E-state index contributed by atoms with van der Waals surface area (Å²) in [4.78, 5) is 10.0. The van der Waals surface area contributed by atoms with E-state index in [0.29, 0.717) is 0 Å². The maximum atomic E-state index is 10.0. The van der Waals surface area contributed by atoms with Crippen molar-refractivity contribution in [3.05, 3.63) is 29.3 Å². The van der Waals surface area contributed by atoms with E-state index in [-0.39, 0.29) is 0 Å². The van der Waals surface area contributed by atoms with E-state index >= 15 is 0 Å². The third kappa shape index (κ3) is 12.2. The molecule has 0 aliphatic heterocycles. The molecule has 0 bridgehead atoms. The average Bonchev–Trinajstić information content (AvgIpc) is 2.61. The maximum Gasteiger partial charge on any atom is 0.291 e. The first-order valence-electron chi connectivity index (χ1n) is 10.8. The molecule has 1 atom stereocenters. The van der Waals surface area contributed by atoms with Crippen LogP contribution in [0.4, 0.5) is 0 Å². The SMILES string of the molecule is CCCCCCCCc1cccc(CCCCCCCC)c1OP(O)(=S)S. The van der Waals surface area contributed by atoms with Gasteiger partial charge in [-0.25, -0.2) is 0 Å². The quantitative estimate of drug-likeness (QED) is 0.158. The van der Waals surface area contributed by atoms with Crippen molar-refractivity contribution in [3.8, 4) is 5.75 Å². The summed E-state index contributed by atoms with van der Waals surface area (Å²) in [6.07, 6.45) is 17.2. The van der Waals surface area contributed by atoms with Crippen molar-refractivity contribution in [1.82, 2.24) is 0 Å². The minimum absolute atomic E-state index is 0.806. The molecule has 156 valence electrons. The van der Waals surface area contributed by atoms with E-state index in [1.54, 1.807) is 0 Å². The van der Waals surface area contributed by atoms with Crippen molar-refractivity contribution in [2.45, 2.75) is 104 Å². The lowest BCUT2D eigenvalue weighted by molar-refractivity contribution is 0.493. The van der Waals surface area contributed by atoms with Gasteiger partial charge in [0.1, 0.15) is 5.75 Å². The molecule has 0 radical (unpaired) electrons. The monoisotopic (exact) mass is 430 g/mol. The average molecular weight is 431 g/mol. The Morgan fingerprint density at radius 2 is 1.22 bits per heavy atom. The number of para-hydroxylation sites is 1. The van der Waals surface area contributed by atoms with Crippen molar-refractivity contribution in [1.29, 1.82) is 0 Å². The topological polar surface area (TPSA) is 29.5 Å². The number of hydrogen-bond acceptors (Lipinski definition) is 2. The first-order chi connectivity index (χ1) is 13.0. The van der Waals surface area contributed by atoms with Gasteiger partial charge in [-0.2, -0.15) is 0 Å². The number of rotatable bonds is 16. The van der Waals surface area contributed by atoms with E-state index in [4.69, 9.17) is 16.3 Å². The molecule has 0 saturated heterocycles. The van der Waals surface area contributed by atoms with E-state index in [0.717, 1.165) is 31.4 Å². The van der Waals surface area contributed by atoms with E-state index in [1.165, 1.54) is 75.3 Å². The summed E-state index contributed by atoms with van der Waals surface area (Å²) in [5.74, 6) is 0.806. The zero-order chi connectivity index (χ0) is 20.0. The van der Waals surface area contributed by atoms with E-state index in [9.17, 15) is 4.89 Å². The molecule has 1 unspecified atom stereocenters. The van der Waals surface area contributed by atoms with Crippen LogP contribution in [0.2, 0.25) is 0 Å². The van der Waals surface area contributed by atoms with Gasteiger partial charge in [-0.15, -0.1) is 0 Å². The molecule has 0 heterocycles. The van der Waals surface area contributed by atoms with Crippen molar-refractivity contribution in [2.75, 3.05) is 0 Å². The zero-order valence-corrected chi connectivity index (χ0v) is 19.9. The highest BCUT2D eigenvalue weighted by Crippen LogP contribution is 2.49. The summed E-state index contributed by atoms with van der Waals surface area (Å²) in [7, 11) is 0. The highest BCUT2D eigenvalue weighted by atomic mass is 32.9. The van der Waals surface area contributed by atoms with Crippen LogP contribution in [0.3, 0.4) is 0 Å². The van der Waals surface area contributed by atoms with Crippen molar-refractivity contribution in [3.63, 3.8) is 0 Å². The fraction of sp³-hybridized carbons (Fsp3) is 0.727. The minimum Gasteiger partial charge on any atom is -0.436 e. The Labute approximate surface area is 177 Å². The smallest absolute Gasteiger partial charge is 0.291 e. The summed E-state index contributed by atoms with van der Waals surface area (Å²) in [6.45, 7) is 4.49. The largest absolute Gasteiger partial charge is 0.436 e. The fourth-order valence-electron chi connectivity index (χ4n) is 3.46. The summed E-state index contributed by atoms with van der Waals surface area (Å²) in [6, 6.07) is 6.35. The van der Waals surface area contributed by atoms with Gasteiger partial charge in [0.05, 0.1) is 0 Å². The molecule has 0 fully saturated rings. The van der Waals surface area contributed by atoms with E-state index < -0.39 is 5.69 Å². The van der Waals surface area contributed by atoms with Crippen molar-refractivity contribution in [2.24, 2.45) is 0 Å². The molecule has 0 aliphatic carbocycles. The summed E-state index contributed by atoms with van der Waals surface area (Å²) in [5.41, 5.74) is -0.676. The second kappa shape index (κ2) is 14.9. The van der Waals surface area contributed by atoms with Gasteiger partial charge in [0.25, 0.3) is 5.69 Å². The number of unbranched alkanes of at least 4 members (excludes halogenated alkanes) is 10. The fourth-order valence-corrected chi connectivity index (χ4v) is 4.40. The molecular formula is C22H39O2PS2. The molecule has 2 nitrogen and oxygen atoms in total. The summed E-state index contributed by atoms with van der Waals surface area (Å²) >= 11 is 9.18. The Morgan fingerprint density at radius 1 is 0.815 bits per heavy atom. The van der Waals surface area contributed by atoms with Gasteiger partial charge in [0.2, 0.25) is 0 Å². The van der Waals surface area contributed by atoms with Gasteiger partial charge in [0.15, 0.2) is 0 Å². The second-order valence-corrected chi connectivity index (χ2v) is 12.6. The Bertz CT molecular complexity index is 523. The molecule has 0 aliphatic rings. The van der Waals surface area contributed by atoms with Crippen LogP contribution < -0.4 is 4.52 Å². The molecule has 1 aromatic rings. The predicted octanol–water partition coefficient (Wildman–Crippen LogP) is 8.02. The molecule has 27 heavy (non-hydrogen) atoms. The van der Waals surface area contributed by atoms with Gasteiger partial charge >= 0.3 is 0 Å². The van der Waals surface area contributed by atoms with Crippen LogP contribution in [0.25, 0.3) is 0 Å². The summed E-state index contributed by atoms with van der Waals surface area (Å²) < 4.78 is 5.80. The zero-order valence-electron chi connectivity index (χ0n) is 17.3. The van der Waals surface area contributed by atoms with Gasteiger partial charge in [-0.3, -0.25) is 0 Å². The summed E-state index contributed by atoms with van der Waals surface area (Å²) in [5, 5.41) is 0. The van der Waals surface area contributed by atoms with Crippen LogP contribution in [0.5, 0.6) is 5.75 Å². The normalized spacial score (nSPS) is 13.5. The second-order valence-electron chi connectivity index (χ2n) is 7.52. The lowest BCUT2D eigenvalue weighted by Crippen LogP contribution is -1.99. The van der Waals surface area contributed by atoms with E-state index in [2.05, 4.69) is 44.3 Å². The first-order valence-corrected chi connectivity index (χ1v) is 14.7. The van der Waals surface area contributed by atoms with Gasteiger partial charge in [-0.1, -0.05) is 109 Å². The van der Waals surface area contributed by atoms with Crippen LogP contribution in [0, 0.1) is 0 Å². The van der Waals surface area contributed by atoms with Gasteiger partial charge in [-0.05, 0) is 48.6 Å². The van der Waals surface area contributed by atoms with Crippen molar-refractivity contribution < 1.29 is 9.42 Å². The van der Waals surface area contributed by atoms with E-state index in [1.807, 2.05) is 0 Å². The maximum absolute atomic E-state index is 10.0. The Morgan fingerprint density at radius 3 is 1.63 bits per heavy atom. The molecule has 1 rings (SSSR count). The van der Waals surface area contributed by atoms with Crippen molar-refractivity contribution >= 4 is 29.7 Å². The predicted molar refractivity (Wildman–Crippen MR) is 127 cm³/mol. The third-order valence-electron chi connectivity index (χ3n) is 4.99. The molecule has 0 spiro atoms. The number of benzene rings is 1. The van der Waals surface area contributed by atoms with Crippen LogP contribution in [-0.4, -0.2) is 4.89 Å². The lowest BCUT2D eigenvalue weighted by atomic mass is 9.98. The van der Waals surface area contributed by atoms with Gasteiger partial charge in [0, 0.05) is 0 Å². The molecule has 0 amide bonds. The minimum atomic E-state index is -3.02. The molecular weight excluding hydrogens is 391 g/mol. The number of hydrogen-bond donors (Lipinski definition) is 2. The van der Waals surface area contributed by atoms with Gasteiger partial charge < -0.3 is 9.42 Å². The number of aryl methyl sites for hydroxylation is 2. The first kappa shape index (κ1) is 25.0. The molecule has 1 N–H and O–H groups in total. The Kier molecular flexibility index (Phi) is 13.8. The van der Waals surface area contributed by atoms with Crippen LogP contribution in [-0.2, 0) is 24.6 Å². The standard InChI is InChI=1S/C22H39O2PS2/c1-3-5-7-9-11-13-16-20-18-15-19-21(22(20)24-25(23,26)27)17-14-12-10-8-6-4-2/h15,18-19H,3-14,16-17H2,1-2H3,(H2,23,26,27). The molecule has 1 aromatic carbocycles. The highest BCUT2D eigenvalue weighted by Gasteiger charge is 2.16. The Balaban J connectivity index is 2.64. The number of thiol groups is 1. The lowest BCUT2D eigenvalue weighted by Gasteiger charge is -2.19. The van der Waals surface area contributed by atoms with Crippen LogP contribution in [0.15, 0.2) is 18.2 Å². The third-order valence-corrected chi connectivity index (χ3v) is 5.88. The van der Waals surface area contributed by atoms with Crippen LogP contribution in [0.1, 0.15) is 102 Å².